The van der Waals surface area contributed by atoms with E-state index in [0.29, 0.717) is 21.4 Å². The van der Waals surface area contributed by atoms with Crippen LogP contribution in [0.1, 0.15) is 5.69 Å². The molecule has 0 atom stereocenters. The quantitative estimate of drug-likeness (QED) is 0.536. The number of imidazole rings is 1. The zero-order valence-electron chi connectivity index (χ0n) is 13.1. The molecule has 0 aliphatic carbocycles. The Kier molecular flexibility index (Phi) is 5.32. The maximum atomic E-state index is 12.9. The Morgan fingerprint density at radius 1 is 1.35 bits per heavy atom. The van der Waals surface area contributed by atoms with Crippen molar-refractivity contribution in [1.29, 1.82) is 10.5 Å². The van der Waals surface area contributed by atoms with E-state index in [1.165, 1.54) is 53.4 Å². The third-order valence-electron chi connectivity index (χ3n) is 3.26. The zero-order valence-corrected chi connectivity index (χ0v) is 14.8. The van der Waals surface area contributed by atoms with Crippen molar-refractivity contribution in [3.63, 3.8) is 0 Å². The van der Waals surface area contributed by atoms with Crippen LogP contribution in [0.3, 0.4) is 0 Å². The molecule has 0 spiro atoms. The number of aromatic nitrogens is 2. The maximum Gasteiger partial charge on any atom is 0.234 e. The van der Waals surface area contributed by atoms with E-state index < -0.39 is 0 Å². The van der Waals surface area contributed by atoms with E-state index in [4.69, 9.17) is 10.5 Å². The highest BCUT2D eigenvalue weighted by atomic mass is 32.2. The van der Waals surface area contributed by atoms with Crippen LogP contribution in [0, 0.1) is 28.5 Å². The predicted molar refractivity (Wildman–Crippen MR) is 98.0 cm³/mol. The number of anilines is 1. The molecule has 0 radical (unpaired) electrons. The molecular formula is C17H10FN5OS2. The number of nitrogens with zero attached hydrogens (tertiary/aromatic N) is 4. The van der Waals surface area contributed by atoms with Crippen LogP contribution in [0.15, 0.2) is 46.4 Å². The molecule has 0 fully saturated rings. The molecule has 0 bridgehead atoms. The summed E-state index contributed by atoms with van der Waals surface area (Å²) in [6.45, 7) is 0. The van der Waals surface area contributed by atoms with Crippen molar-refractivity contribution in [1.82, 2.24) is 9.38 Å². The number of nitrogens with one attached hydrogen (secondary N) is 1. The first-order valence-electron chi connectivity index (χ1n) is 7.26. The van der Waals surface area contributed by atoms with Crippen molar-refractivity contribution >= 4 is 45.7 Å². The van der Waals surface area contributed by atoms with E-state index in [1.807, 2.05) is 17.5 Å². The second-order valence-electron chi connectivity index (χ2n) is 4.98. The maximum absolute atomic E-state index is 12.9. The number of halogens is 1. The van der Waals surface area contributed by atoms with E-state index in [1.54, 1.807) is 10.6 Å². The van der Waals surface area contributed by atoms with Crippen LogP contribution in [0.25, 0.3) is 11.0 Å². The highest BCUT2D eigenvalue weighted by molar-refractivity contribution is 8.00. The van der Waals surface area contributed by atoms with Crippen LogP contribution >= 0.6 is 23.1 Å². The smallest absolute Gasteiger partial charge is 0.234 e. The number of hydrogen-bond acceptors (Lipinski definition) is 6. The zero-order chi connectivity index (χ0) is 18.5. The van der Waals surface area contributed by atoms with Gasteiger partial charge in [-0.3, -0.25) is 9.20 Å². The summed E-state index contributed by atoms with van der Waals surface area (Å²) in [4.78, 5) is 17.2. The van der Waals surface area contributed by atoms with E-state index in [-0.39, 0.29) is 23.1 Å². The monoisotopic (exact) mass is 383 g/mol. The summed E-state index contributed by atoms with van der Waals surface area (Å²) in [5, 5.41) is 23.0. The molecule has 3 rings (SSSR count). The van der Waals surface area contributed by atoms with Crippen LogP contribution in [-0.2, 0) is 4.79 Å². The Morgan fingerprint density at radius 2 is 2.08 bits per heavy atom. The van der Waals surface area contributed by atoms with Crippen molar-refractivity contribution in [3.05, 3.63) is 52.9 Å². The van der Waals surface area contributed by atoms with Crippen molar-refractivity contribution < 1.29 is 9.18 Å². The van der Waals surface area contributed by atoms with Gasteiger partial charge in [-0.1, -0.05) is 11.8 Å². The highest BCUT2D eigenvalue weighted by Crippen LogP contribution is 2.28. The molecule has 0 saturated heterocycles. The number of fused-ring (bicyclic) bond motifs is 1. The minimum atomic E-state index is -0.377. The lowest BCUT2D eigenvalue weighted by Crippen LogP contribution is -2.14. The molecule has 2 heterocycles. The average molecular weight is 383 g/mol. The minimum absolute atomic E-state index is 0.0457. The van der Waals surface area contributed by atoms with Crippen LogP contribution in [0.5, 0.6) is 0 Å². The van der Waals surface area contributed by atoms with E-state index in [9.17, 15) is 9.18 Å². The molecule has 2 aromatic heterocycles. The van der Waals surface area contributed by atoms with Gasteiger partial charge in [0.25, 0.3) is 0 Å². The van der Waals surface area contributed by atoms with Crippen molar-refractivity contribution in [2.75, 3.05) is 11.1 Å². The van der Waals surface area contributed by atoms with Crippen LogP contribution in [0.2, 0.25) is 0 Å². The van der Waals surface area contributed by atoms with Gasteiger partial charge in [0.15, 0.2) is 4.96 Å². The van der Waals surface area contributed by atoms with Crippen LogP contribution in [-0.4, -0.2) is 21.0 Å². The first kappa shape index (κ1) is 17.7. The molecule has 0 saturated carbocycles. The van der Waals surface area contributed by atoms with Crippen molar-refractivity contribution in [2.24, 2.45) is 0 Å². The average Bonchev–Trinajstić information content (AvgIpc) is 3.21. The lowest BCUT2D eigenvalue weighted by Gasteiger charge is -2.04. The number of hydrogen-bond donors (Lipinski definition) is 1. The minimum Gasteiger partial charge on any atom is -0.325 e. The number of thioether (sulfide) groups is 1. The fourth-order valence-electron chi connectivity index (χ4n) is 2.11. The summed E-state index contributed by atoms with van der Waals surface area (Å²) >= 11 is 2.61. The number of nitriles is 2. The standard InChI is InChI=1S/C17H10FN5OS2/c18-12-1-3-13(4-2-12)21-15(24)10-26-16-14(7-11(8-19)9-20)23-5-6-25-17(23)22-16/h1-7H,10H2,(H,21,24). The number of benzene rings is 1. The molecule has 1 amide bonds. The lowest BCUT2D eigenvalue weighted by molar-refractivity contribution is -0.113. The van der Waals surface area contributed by atoms with E-state index in [2.05, 4.69) is 10.3 Å². The van der Waals surface area contributed by atoms with E-state index in [0.717, 1.165) is 0 Å². The summed E-state index contributed by atoms with van der Waals surface area (Å²) in [5.41, 5.74) is 1.04. The number of carbonyl (C=O) groups excluding carboxylic acids is 1. The molecule has 26 heavy (non-hydrogen) atoms. The molecule has 9 heteroatoms. The van der Waals surface area contributed by atoms with Crippen LogP contribution < -0.4 is 5.32 Å². The molecule has 1 N–H and O–H groups in total. The SMILES string of the molecule is N#CC(C#N)=Cc1c(SCC(=O)Nc2ccc(F)cc2)nc2sccn12. The number of rotatable bonds is 5. The van der Waals surface area contributed by atoms with Gasteiger partial charge in [0.05, 0.1) is 11.4 Å². The lowest BCUT2D eigenvalue weighted by atomic mass is 10.2. The Balaban J connectivity index is 1.76. The van der Waals surface area contributed by atoms with Crippen molar-refractivity contribution in [2.45, 2.75) is 5.03 Å². The second-order valence-corrected chi connectivity index (χ2v) is 6.82. The fourth-order valence-corrected chi connectivity index (χ4v) is 3.69. The molecule has 0 aliphatic heterocycles. The number of carbonyl (C=O) groups is 1. The molecule has 128 valence electrons. The first-order valence-corrected chi connectivity index (χ1v) is 9.13. The molecule has 0 aliphatic rings. The Hall–Kier alpha value is -3.14. The van der Waals surface area contributed by atoms with Gasteiger partial charge in [-0.05, 0) is 30.3 Å². The van der Waals surface area contributed by atoms with E-state index >= 15 is 0 Å². The second kappa shape index (κ2) is 7.83. The summed E-state index contributed by atoms with van der Waals surface area (Å²) < 4.78 is 14.7. The van der Waals surface area contributed by atoms with Gasteiger partial charge in [0.1, 0.15) is 28.6 Å². The summed E-state index contributed by atoms with van der Waals surface area (Å²) in [5.74, 6) is -0.566. The summed E-state index contributed by atoms with van der Waals surface area (Å²) in [6, 6.07) is 9.12. The molecule has 3 aromatic rings. The summed E-state index contributed by atoms with van der Waals surface area (Å²) in [6.07, 6.45) is 3.24. The Bertz CT molecular complexity index is 1050. The molecule has 0 unspecified atom stereocenters. The normalized spacial score (nSPS) is 10.1. The molecular weight excluding hydrogens is 373 g/mol. The number of allylic oxidation sites excluding steroid dienone is 1. The first-order chi connectivity index (χ1) is 12.6. The van der Waals surface area contributed by atoms with Gasteiger partial charge < -0.3 is 5.32 Å². The fraction of sp³-hybridized carbons (Fsp3) is 0.0588. The van der Waals surface area contributed by atoms with Crippen LogP contribution in [0.4, 0.5) is 10.1 Å². The topological polar surface area (TPSA) is 94.0 Å². The Labute approximate surface area is 156 Å². The third-order valence-corrected chi connectivity index (χ3v) is 4.99. The predicted octanol–water partition coefficient (Wildman–Crippen LogP) is 3.70. The molecule has 1 aromatic carbocycles. The van der Waals surface area contributed by atoms with Crippen molar-refractivity contribution in [3.8, 4) is 12.1 Å². The molecule has 6 nitrogen and oxygen atoms in total. The van der Waals surface area contributed by atoms with Gasteiger partial charge in [0.2, 0.25) is 5.91 Å². The third kappa shape index (κ3) is 3.91. The Morgan fingerprint density at radius 3 is 2.77 bits per heavy atom. The van der Waals surface area contributed by atoms with Gasteiger partial charge >= 0.3 is 0 Å². The van der Waals surface area contributed by atoms with Gasteiger partial charge in [-0.25, -0.2) is 9.37 Å². The number of thiazole rings is 1. The van der Waals surface area contributed by atoms with Gasteiger partial charge in [-0.2, -0.15) is 10.5 Å². The largest absolute Gasteiger partial charge is 0.325 e. The highest BCUT2D eigenvalue weighted by Gasteiger charge is 2.14. The number of amides is 1. The van der Waals surface area contributed by atoms with Gasteiger partial charge in [0, 0.05) is 17.3 Å². The summed E-state index contributed by atoms with van der Waals surface area (Å²) in [7, 11) is 0. The van der Waals surface area contributed by atoms with Gasteiger partial charge in [-0.15, -0.1) is 11.3 Å².